The number of aliphatic hydroxyl groups is 1. The molecule has 1 atom stereocenters. The number of rotatable bonds is 6. The lowest BCUT2D eigenvalue weighted by atomic mass is 10.1. The molecule has 7 heteroatoms. The molecule has 1 aromatic rings. The highest BCUT2D eigenvalue weighted by molar-refractivity contribution is 5.78. The Hall–Kier alpha value is -1.60. The van der Waals surface area contributed by atoms with Gasteiger partial charge in [-0.3, -0.25) is 4.79 Å². The summed E-state index contributed by atoms with van der Waals surface area (Å²) in [6.45, 7) is 3.62. The Morgan fingerprint density at radius 3 is 2.57 bits per heavy atom. The smallest absolute Gasteiger partial charge is 0.387 e. The van der Waals surface area contributed by atoms with E-state index < -0.39 is 17.8 Å². The highest BCUT2D eigenvalue weighted by Crippen LogP contribution is 2.30. The van der Waals surface area contributed by atoms with Crippen LogP contribution in [0.5, 0.6) is 0 Å². The number of amides is 1. The van der Waals surface area contributed by atoms with Crippen molar-refractivity contribution in [2.24, 2.45) is 0 Å². The summed E-state index contributed by atoms with van der Waals surface area (Å²) in [6.07, 6.45) is -5.56. The molecule has 1 rings (SSSR count). The van der Waals surface area contributed by atoms with Crippen LogP contribution < -0.4 is 10.6 Å². The van der Waals surface area contributed by atoms with Gasteiger partial charge in [-0.2, -0.15) is 13.2 Å². The summed E-state index contributed by atoms with van der Waals surface area (Å²) in [4.78, 5) is 11.4. The van der Waals surface area contributed by atoms with Crippen LogP contribution in [0.3, 0.4) is 0 Å². The molecule has 0 aliphatic rings. The predicted octanol–water partition coefficient (Wildman–Crippen LogP) is 1.85. The Bertz CT molecular complexity index is 476. The summed E-state index contributed by atoms with van der Waals surface area (Å²) in [5.74, 6) is -0.235. The standard InChI is InChI=1S/C14H19F3N2O2/c1-9(2)19-13(21)8-18-7-12(20)10-4-3-5-11(6-10)14(15,16)17/h3-6,9,12,18,20H,7-8H2,1-2H3,(H,19,21). The number of nitrogens with one attached hydrogen (secondary N) is 2. The molecule has 0 saturated heterocycles. The normalized spacial score (nSPS) is 13.3. The van der Waals surface area contributed by atoms with Crippen molar-refractivity contribution in [3.8, 4) is 0 Å². The summed E-state index contributed by atoms with van der Waals surface area (Å²) >= 11 is 0. The van der Waals surface area contributed by atoms with Crippen LogP contribution >= 0.6 is 0 Å². The van der Waals surface area contributed by atoms with Crippen molar-refractivity contribution in [2.45, 2.75) is 32.2 Å². The lowest BCUT2D eigenvalue weighted by Gasteiger charge is -2.15. The maximum Gasteiger partial charge on any atom is 0.416 e. The lowest BCUT2D eigenvalue weighted by Crippen LogP contribution is -2.38. The second-order valence-electron chi connectivity index (χ2n) is 4.99. The van der Waals surface area contributed by atoms with Crippen molar-refractivity contribution >= 4 is 5.91 Å². The average molecular weight is 304 g/mol. The van der Waals surface area contributed by atoms with E-state index >= 15 is 0 Å². The fraction of sp³-hybridized carbons (Fsp3) is 0.500. The minimum absolute atomic E-state index is 0.00575. The van der Waals surface area contributed by atoms with Crippen molar-refractivity contribution < 1.29 is 23.1 Å². The van der Waals surface area contributed by atoms with E-state index in [0.717, 1.165) is 12.1 Å². The molecule has 0 fully saturated rings. The molecule has 0 heterocycles. The Balaban J connectivity index is 2.53. The van der Waals surface area contributed by atoms with E-state index in [0.29, 0.717) is 0 Å². The van der Waals surface area contributed by atoms with Gasteiger partial charge in [0.2, 0.25) is 5.91 Å². The monoisotopic (exact) mass is 304 g/mol. The van der Waals surface area contributed by atoms with Crippen LogP contribution in [0.1, 0.15) is 31.1 Å². The number of alkyl halides is 3. The van der Waals surface area contributed by atoms with E-state index in [1.165, 1.54) is 12.1 Å². The first kappa shape index (κ1) is 17.5. The molecule has 0 bridgehead atoms. The van der Waals surface area contributed by atoms with Crippen molar-refractivity contribution in [3.63, 3.8) is 0 Å². The molecule has 0 aromatic heterocycles. The number of hydrogen-bond acceptors (Lipinski definition) is 3. The van der Waals surface area contributed by atoms with E-state index in [4.69, 9.17) is 0 Å². The van der Waals surface area contributed by atoms with Gasteiger partial charge in [-0.15, -0.1) is 0 Å². The van der Waals surface area contributed by atoms with E-state index in [-0.39, 0.29) is 30.6 Å². The maximum absolute atomic E-state index is 12.6. The second-order valence-corrected chi connectivity index (χ2v) is 4.99. The molecule has 21 heavy (non-hydrogen) atoms. The zero-order valence-electron chi connectivity index (χ0n) is 11.9. The third-order valence-corrected chi connectivity index (χ3v) is 2.67. The van der Waals surface area contributed by atoms with E-state index in [9.17, 15) is 23.1 Å². The van der Waals surface area contributed by atoms with Gasteiger partial charge < -0.3 is 15.7 Å². The summed E-state index contributed by atoms with van der Waals surface area (Å²) in [5.41, 5.74) is -0.654. The highest BCUT2D eigenvalue weighted by Gasteiger charge is 2.30. The van der Waals surface area contributed by atoms with Gasteiger partial charge in [-0.05, 0) is 31.5 Å². The molecule has 1 amide bonds. The number of carbonyl (C=O) groups is 1. The molecule has 118 valence electrons. The van der Waals surface area contributed by atoms with E-state index in [2.05, 4.69) is 10.6 Å². The predicted molar refractivity (Wildman–Crippen MR) is 72.6 cm³/mol. The van der Waals surface area contributed by atoms with Crippen molar-refractivity contribution in [1.82, 2.24) is 10.6 Å². The van der Waals surface area contributed by atoms with Gasteiger partial charge in [-0.25, -0.2) is 0 Å². The van der Waals surface area contributed by atoms with Crippen LogP contribution in [0.2, 0.25) is 0 Å². The molecule has 0 aliphatic heterocycles. The largest absolute Gasteiger partial charge is 0.416 e. The first-order chi connectivity index (χ1) is 9.70. The van der Waals surface area contributed by atoms with Gasteiger partial charge in [0.15, 0.2) is 0 Å². The minimum atomic E-state index is -4.44. The molecule has 0 radical (unpaired) electrons. The fourth-order valence-corrected chi connectivity index (χ4v) is 1.74. The molecule has 1 aromatic carbocycles. The van der Waals surface area contributed by atoms with Crippen LogP contribution in [0.4, 0.5) is 13.2 Å². The number of halogens is 3. The molecule has 3 N–H and O–H groups in total. The molecule has 4 nitrogen and oxygen atoms in total. The van der Waals surface area contributed by atoms with Gasteiger partial charge in [0, 0.05) is 12.6 Å². The topological polar surface area (TPSA) is 61.4 Å². The van der Waals surface area contributed by atoms with Crippen LogP contribution in [0.25, 0.3) is 0 Å². The molecule has 0 aliphatic carbocycles. The van der Waals surface area contributed by atoms with Gasteiger partial charge in [0.05, 0.1) is 18.2 Å². The number of hydrogen-bond donors (Lipinski definition) is 3. The van der Waals surface area contributed by atoms with Gasteiger partial charge in [0.1, 0.15) is 0 Å². The lowest BCUT2D eigenvalue weighted by molar-refractivity contribution is -0.137. The molecular formula is C14H19F3N2O2. The van der Waals surface area contributed by atoms with E-state index in [1.807, 2.05) is 13.8 Å². The van der Waals surface area contributed by atoms with Crippen LogP contribution in [-0.4, -0.2) is 30.1 Å². The highest BCUT2D eigenvalue weighted by atomic mass is 19.4. The SMILES string of the molecule is CC(C)NC(=O)CNCC(O)c1cccc(C(F)(F)F)c1. The summed E-state index contributed by atoms with van der Waals surface area (Å²) in [7, 11) is 0. The van der Waals surface area contributed by atoms with Gasteiger partial charge >= 0.3 is 6.18 Å². The summed E-state index contributed by atoms with van der Waals surface area (Å²) in [6, 6.07) is 4.51. The van der Waals surface area contributed by atoms with Crippen molar-refractivity contribution in [3.05, 3.63) is 35.4 Å². The maximum atomic E-state index is 12.6. The van der Waals surface area contributed by atoms with Crippen molar-refractivity contribution in [2.75, 3.05) is 13.1 Å². The first-order valence-electron chi connectivity index (χ1n) is 6.55. The van der Waals surface area contributed by atoms with Crippen molar-refractivity contribution in [1.29, 1.82) is 0 Å². The Morgan fingerprint density at radius 2 is 2.00 bits per heavy atom. The van der Waals surface area contributed by atoms with E-state index in [1.54, 1.807) is 0 Å². The number of benzene rings is 1. The molecule has 1 unspecified atom stereocenters. The third-order valence-electron chi connectivity index (χ3n) is 2.67. The number of aliphatic hydroxyl groups excluding tert-OH is 1. The minimum Gasteiger partial charge on any atom is -0.387 e. The third kappa shape index (κ3) is 6.14. The zero-order chi connectivity index (χ0) is 16.0. The average Bonchev–Trinajstić information content (AvgIpc) is 2.37. The Morgan fingerprint density at radius 1 is 1.33 bits per heavy atom. The van der Waals surface area contributed by atoms with Gasteiger partial charge in [0.25, 0.3) is 0 Å². The van der Waals surface area contributed by atoms with Crippen LogP contribution in [0, 0.1) is 0 Å². The molecular weight excluding hydrogens is 285 g/mol. The summed E-state index contributed by atoms with van der Waals surface area (Å²) in [5, 5.41) is 15.2. The summed E-state index contributed by atoms with van der Waals surface area (Å²) < 4.78 is 37.7. The number of carbonyl (C=O) groups excluding carboxylic acids is 1. The zero-order valence-corrected chi connectivity index (χ0v) is 11.9. The quantitative estimate of drug-likeness (QED) is 0.752. The molecule has 0 spiro atoms. The fourth-order valence-electron chi connectivity index (χ4n) is 1.74. The Labute approximate surface area is 121 Å². The van der Waals surface area contributed by atoms with Crippen LogP contribution in [-0.2, 0) is 11.0 Å². The van der Waals surface area contributed by atoms with Crippen LogP contribution in [0.15, 0.2) is 24.3 Å². The second kappa shape index (κ2) is 7.42. The Kier molecular flexibility index (Phi) is 6.17. The first-order valence-corrected chi connectivity index (χ1v) is 6.55. The van der Waals surface area contributed by atoms with Gasteiger partial charge in [-0.1, -0.05) is 12.1 Å². The molecule has 0 saturated carbocycles.